The number of carbonyl (C=O) groups is 2. The molecule has 37 heavy (non-hydrogen) atoms. The van der Waals surface area contributed by atoms with Crippen LogP contribution in [0.2, 0.25) is 0 Å². The topological polar surface area (TPSA) is 112 Å². The maximum absolute atomic E-state index is 14.1. The third-order valence-electron chi connectivity index (χ3n) is 5.74. The van der Waals surface area contributed by atoms with E-state index in [0.29, 0.717) is 21.8 Å². The van der Waals surface area contributed by atoms with Crippen LogP contribution in [0.5, 0.6) is 5.75 Å². The highest BCUT2D eigenvalue weighted by Crippen LogP contribution is 2.30. The molecule has 7 nitrogen and oxygen atoms in total. The van der Waals surface area contributed by atoms with Gasteiger partial charge in [-0.2, -0.15) is 0 Å². The van der Waals surface area contributed by atoms with Gasteiger partial charge in [0.05, 0.1) is 4.88 Å². The number of amides is 1. The standard InChI is InChI=1S/C28H26FN3O4S/c1-28(2,3)24-11-10-23(37-24)26(34)32-22(27(35)36)12-16-4-6-17(7-5-16)25-30-14-18(15-31-25)20-9-8-19(33)13-21(20)29/h4-11,13-15,22,33H,12H2,1-3H3,(H,32,34)(H,35,36)/t22-/m0/s1. The summed E-state index contributed by atoms with van der Waals surface area (Å²) in [5.41, 5.74) is 2.08. The molecule has 0 bridgehead atoms. The normalized spacial score (nSPS) is 12.2. The Labute approximate surface area is 217 Å². The van der Waals surface area contributed by atoms with Crippen molar-refractivity contribution in [2.45, 2.75) is 38.6 Å². The SMILES string of the molecule is CC(C)(C)c1ccc(C(=O)N[C@@H](Cc2ccc(-c3ncc(-c4ccc(O)cc4F)cn3)cc2)C(=O)O)s1. The van der Waals surface area contributed by atoms with E-state index in [1.165, 1.54) is 35.9 Å². The lowest BCUT2D eigenvalue weighted by molar-refractivity contribution is -0.139. The van der Waals surface area contributed by atoms with E-state index in [9.17, 15) is 24.2 Å². The molecule has 1 atom stereocenters. The number of phenols is 1. The minimum atomic E-state index is -1.12. The van der Waals surface area contributed by atoms with Crippen LogP contribution in [-0.4, -0.2) is 38.1 Å². The van der Waals surface area contributed by atoms with Crippen molar-refractivity contribution in [1.29, 1.82) is 0 Å². The molecule has 4 rings (SSSR count). The number of aromatic nitrogens is 2. The zero-order valence-electron chi connectivity index (χ0n) is 20.5. The maximum atomic E-state index is 14.1. The lowest BCUT2D eigenvalue weighted by Gasteiger charge is -2.16. The first-order valence-corrected chi connectivity index (χ1v) is 12.4. The lowest BCUT2D eigenvalue weighted by Crippen LogP contribution is -2.42. The quantitative estimate of drug-likeness (QED) is 0.300. The van der Waals surface area contributed by atoms with Gasteiger partial charge < -0.3 is 15.5 Å². The number of halogens is 1. The fourth-order valence-electron chi connectivity index (χ4n) is 3.67. The van der Waals surface area contributed by atoms with E-state index in [0.717, 1.165) is 16.5 Å². The smallest absolute Gasteiger partial charge is 0.326 e. The number of aromatic hydroxyl groups is 1. The predicted octanol–water partition coefficient (Wildman–Crippen LogP) is 5.44. The zero-order chi connectivity index (χ0) is 26.7. The summed E-state index contributed by atoms with van der Waals surface area (Å²) in [7, 11) is 0. The first kappa shape index (κ1) is 26.0. The molecule has 2 heterocycles. The Morgan fingerprint density at radius 2 is 1.68 bits per heavy atom. The van der Waals surface area contributed by atoms with Crippen molar-refractivity contribution in [2.75, 3.05) is 0 Å². The van der Waals surface area contributed by atoms with Gasteiger partial charge in [0.15, 0.2) is 5.82 Å². The van der Waals surface area contributed by atoms with E-state index in [-0.39, 0.29) is 23.1 Å². The minimum absolute atomic E-state index is 0.0943. The van der Waals surface area contributed by atoms with E-state index < -0.39 is 23.7 Å². The van der Waals surface area contributed by atoms with E-state index >= 15 is 0 Å². The van der Waals surface area contributed by atoms with E-state index in [1.54, 1.807) is 30.3 Å². The van der Waals surface area contributed by atoms with Crippen LogP contribution in [0.25, 0.3) is 22.5 Å². The second-order valence-corrected chi connectivity index (χ2v) is 10.7. The van der Waals surface area contributed by atoms with Gasteiger partial charge in [-0.15, -0.1) is 11.3 Å². The summed E-state index contributed by atoms with van der Waals surface area (Å²) in [4.78, 5) is 34.7. The van der Waals surface area contributed by atoms with Crippen molar-refractivity contribution < 1.29 is 24.2 Å². The van der Waals surface area contributed by atoms with Gasteiger partial charge in [0.1, 0.15) is 17.6 Å². The Morgan fingerprint density at radius 1 is 1.00 bits per heavy atom. The van der Waals surface area contributed by atoms with Gasteiger partial charge in [-0.25, -0.2) is 19.2 Å². The fourth-order valence-corrected chi connectivity index (χ4v) is 4.64. The predicted molar refractivity (Wildman–Crippen MR) is 140 cm³/mol. The second kappa shape index (κ2) is 10.5. The Bertz CT molecular complexity index is 1430. The molecule has 4 aromatic rings. The molecule has 2 aromatic carbocycles. The van der Waals surface area contributed by atoms with Crippen LogP contribution in [0.4, 0.5) is 4.39 Å². The largest absolute Gasteiger partial charge is 0.508 e. The van der Waals surface area contributed by atoms with Gasteiger partial charge in [0.2, 0.25) is 0 Å². The van der Waals surface area contributed by atoms with Crippen LogP contribution in [-0.2, 0) is 16.6 Å². The number of nitrogens with one attached hydrogen (secondary N) is 1. The van der Waals surface area contributed by atoms with E-state index in [1.807, 2.05) is 6.07 Å². The van der Waals surface area contributed by atoms with Crippen LogP contribution in [0.15, 0.2) is 67.0 Å². The highest BCUT2D eigenvalue weighted by molar-refractivity contribution is 7.14. The van der Waals surface area contributed by atoms with E-state index in [4.69, 9.17) is 0 Å². The number of hydrogen-bond acceptors (Lipinski definition) is 6. The number of rotatable bonds is 7. The molecular formula is C28H26FN3O4S. The first-order chi connectivity index (χ1) is 17.5. The molecule has 0 aliphatic heterocycles. The summed E-state index contributed by atoms with van der Waals surface area (Å²) < 4.78 is 14.1. The zero-order valence-corrected chi connectivity index (χ0v) is 21.3. The molecule has 0 fully saturated rings. The molecule has 9 heteroatoms. The summed E-state index contributed by atoms with van der Waals surface area (Å²) in [5, 5.41) is 21.7. The molecule has 0 spiro atoms. The summed E-state index contributed by atoms with van der Waals surface area (Å²) in [6, 6.07) is 13.4. The van der Waals surface area contributed by atoms with E-state index in [2.05, 4.69) is 36.1 Å². The van der Waals surface area contributed by atoms with Crippen molar-refractivity contribution >= 4 is 23.2 Å². The molecule has 0 saturated heterocycles. The molecule has 0 saturated carbocycles. The van der Waals surface area contributed by atoms with Crippen molar-refractivity contribution in [2.24, 2.45) is 0 Å². The number of carboxylic acid groups (broad SMARTS) is 1. The van der Waals surface area contributed by atoms with Gasteiger partial charge in [-0.05, 0) is 35.2 Å². The van der Waals surface area contributed by atoms with Crippen LogP contribution in [0.1, 0.15) is 40.9 Å². The average Bonchev–Trinajstić information content (AvgIpc) is 3.36. The Balaban J connectivity index is 1.44. The van der Waals surface area contributed by atoms with Crippen molar-refractivity contribution in [3.8, 4) is 28.3 Å². The van der Waals surface area contributed by atoms with Crippen LogP contribution < -0.4 is 5.32 Å². The molecule has 0 aliphatic rings. The molecule has 1 amide bonds. The molecule has 0 unspecified atom stereocenters. The fraction of sp³-hybridized carbons (Fsp3) is 0.214. The average molecular weight is 520 g/mol. The first-order valence-electron chi connectivity index (χ1n) is 11.6. The number of phenolic OH excluding ortho intramolecular Hbond substituents is 1. The van der Waals surface area contributed by atoms with Gasteiger partial charge in [-0.1, -0.05) is 45.0 Å². The van der Waals surface area contributed by atoms with Crippen LogP contribution in [0.3, 0.4) is 0 Å². The highest BCUT2D eigenvalue weighted by Gasteiger charge is 2.24. The number of aliphatic carboxylic acids is 1. The maximum Gasteiger partial charge on any atom is 0.326 e. The van der Waals surface area contributed by atoms with Gasteiger partial charge in [0, 0.05) is 46.4 Å². The monoisotopic (exact) mass is 519 g/mol. The molecular weight excluding hydrogens is 493 g/mol. The highest BCUT2D eigenvalue weighted by atomic mass is 32.1. The van der Waals surface area contributed by atoms with Crippen LogP contribution >= 0.6 is 11.3 Å². The van der Waals surface area contributed by atoms with Gasteiger partial charge in [-0.3, -0.25) is 4.79 Å². The number of nitrogens with zero attached hydrogens (tertiary/aromatic N) is 2. The number of carbonyl (C=O) groups excluding carboxylic acids is 1. The summed E-state index contributed by atoms with van der Waals surface area (Å²) in [5.74, 6) is -1.85. The Hall–Kier alpha value is -4.11. The van der Waals surface area contributed by atoms with Crippen molar-refractivity contribution in [3.63, 3.8) is 0 Å². The van der Waals surface area contributed by atoms with Gasteiger partial charge in [0.25, 0.3) is 5.91 Å². The summed E-state index contributed by atoms with van der Waals surface area (Å²) >= 11 is 1.36. The van der Waals surface area contributed by atoms with Crippen molar-refractivity contribution in [1.82, 2.24) is 15.3 Å². The number of carboxylic acids is 1. The Morgan fingerprint density at radius 3 is 2.24 bits per heavy atom. The Kier molecular flexibility index (Phi) is 7.35. The summed E-state index contributed by atoms with van der Waals surface area (Å²) in [6.45, 7) is 6.16. The number of benzene rings is 2. The molecule has 2 aromatic heterocycles. The third kappa shape index (κ3) is 6.18. The molecule has 190 valence electrons. The van der Waals surface area contributed by atoms with Crippen molar-refractivity contribution in [3.05, 3.63) is 88.1 Å². The minimum Gasteiger partial charge on any atom is -0.508 e. The molecule has 0 aliphatic carbocycles. The third-order valence-corrected chi connectivity index (χ3v) is 7.25. The van der Waals surface area contributed by atoms with Crippen LogP contribution in [0, 0.1) is 5.82 Å². The molecule has 3 N–H and O–H groups in total. The number of hydrogen-bond donors (Lipinski definition) is 3. The summed E-state index contributed by atoms with van der Waals surface area (Å²) in [6.07, 6.45) is 3.10. The number of thiophene rings is 1. The molecule has 0 radical (unpaired) electrons. The van der Waals surface area contributed by atoms with Gasteiger partial charge >= 0.3 is 5.97 Å². The lowest BCUT2D eigenvalue weighted by atomic mass is 9.95. The second-order valence-electron chi connectivity index (χ2n) is 9.64.